The summed E-state index contributed by atoms with van der Waals surface area (Å²) in [5.41, 5.74) is 3.47. The second kappa shape index (κ2) is 2.25. The van der Waals surface area contributed by atoms with Crippen LogP contribution in [0.3, 0.4) is 0 Å². The molecule has 4 nitrogen and oxygen atoms in total. The average molecular weight is 148 g/mol. The quantitative estimate of drug-likeness (QED) is 0.460. The van der Waals surface area contributed by atoms with E-state index in [1.807, 2.05) is 28.8 Å². The van der Waals surface area contributed by atoms with Gasteiger partial charge in [0.2, 0.25) is 0 Å². The molecule has 0 radical (unpaired) electrons. The van der Waals surface area contributed by atoms with E-state index >= 15 is 0 Å². The van der Waals surface area contributed by atoms with E-state index in [1.54, 1.807) is 6.20 Å². The highest BCUT2D eigenvalue weighted by Gasteiger charge is 1.95. The normalized spacial score (nSPS) is 10.3. The molecule has 4 heteroatoms. The molecule has 3 N–H and O–H groups in total. The Morgan fingerprint density at radius 2 is 2.36 bits per heavy atom. The second-order valence-electron chi connectivity index (χ2n) is 2.21. The first-order chi connectivity index (χ1) is 5.42. The van der Waals surface area contributed by atoms with Crippen LogP contribution < -0.4 is 11.3 Å². The highest BCUT2D eigenvalue weighted by Crippen LogP contribution is 2.08. The van der Waals surface area contributed by atoms with Crippen molar-refractivity contribution < 1.29 is 0 Å². The van der Waals surface area contributed by atoms with E-state index in [2.05, 4.69) is 10.4 Å². The van der Waals surface area contributed by atoms with Crippen molar-refractivity contribution in [3.05, 3.63) is 30.6 Å². The number of hydrogen-bond donors (Lipinski definition) is 2. The van der Waals surface area contributed by atoms with Crippen LogP contribution in [0.1, 0.15) is 0 Å². The Hall–Kier alpha value is -1.55. The summed E-state index contributed by atoms with van der Waals surface area (Å²) in [5, 5.41) is 0. The van der Waals surface area contributed by atoms with Gasteiger partial charge >= 0.3 is 0 Å². The van der Waals surface area contributed by atoms with Crippen LogP contribution in [0.15, 0.2) is 30.6 Å². The molecule has 0 fully saturated rings. The molecule has 2 aromatic rings. The lowest BCUT2D eigenvalue weighted by atomic mass is 10.4. The molecule has 0 atom stereocenters. The van der Waals surface area contributed by atoms with Gasteiger partial charge in [0.25, 0.3) is 0 Å². The standard InChI is InChI=1S/C7H8N4/c8-10-7-3-1-2-6-9-4-5-11(6)7/h1-5,10H,8H2. The number of rotatable bonds is 1. The zero-order valence-corrected chi connectivity index (χ0v) is 5.86. The van der Waals surface area contributed by atoms with Gasteiger partial charge in [-0.1, -0.05) is 6.07 Å². The zero-order chi connectivity index (χ0) is 7.68. The molecule has 0 aliphatic carbocycles. The predicted octanol–water partition coefficient (Wildman–Crippen LogP) is 0.620. The Morgan fingerprint density at radius 1 is 1.45 bits per heavy atom. The Labute approximate surface area is 63.6 Å². The van der Waals surface area contributed by atoms with Crippen molar-refractivity contribution in [2.24, 2.45) is 5.84 Å². The zero-order valence-electron chi connectivity index (χ0n) is 5.86. The van der Waals surface area contributed by atoms with Crippen LogP contribution in [-0.4, -0.2) is 9.38 Å². The molecule has 0 bridgehead atoms. The van der Waals surface area contributed by atoms with Crippen LogP contribution in [0.4, 0.5) is 5.82 Å². The second-order valence-corrected chi connectivity index (χ2v) is 2.21. The van der Waals surface area contributed by atoms with Gasteiger partial charge < -0.3 is 5.43 Å². The molecule has 0 aliphatic rings. The maximum atomic E-state index is 5.28. The summed E-state index contributed by atoms with van der Waals surface area (Å²) in [6, 6.07) is 5.70. The van der Waals surface area contributed by atoms with Gasteiger partial charge in [-0.15, -0.1) is 0 Å². The third-order valence-electron chi connectivity index (χ3n) is 1.58. The molecular formula is C7H8N4. The summed E-state index contributed by atoms with van der Waals surface area (Å²) in [4.78, 5) is 4.09. The fourth-order valence-corrected chi connectivity index (χ4v) is 1.07. The van der Waals surface area contributed by atoms with Crippen molar-refractivity contribution in [2.75, 3.05) is 5.43 Å². The monoisotopic (exact) mass is 148 g/mol. The van der Waals surface area contributed by atoms with Gasteiger partial charge in [-0.25, -0.2) is 10.8 Å². The van der Waals surface area contributed by atoms with Crippen LogP contribution in [0.2, 0.25) is 0 Å². The van der Waals surface area contributed by atoms with Gasteiger partial charge in [0.1, 0.15) is 11.5 Å². The summed E-state index contributed by atoms with van der Waals surface area (Å²) in [6.07, 6.45) is 3.58. The van der Waals surface area contributed by atoms with Crippen LogP contribution in [0.5, 0.6) is 0 Å². The number of nitrogen functional groups attached to an aromatic ring is 1. The highest BCUT2D eigenvalue weighted by molar-refractivity contribution is 5.48. The molecule has 0 saturated heterocycles. The molecule has 0 spiro atoms. The minimum absolute atomic E-state index is 0.833. The van der Waals surface area contributed by atoms with E-state index in [-0.39, 0.29) is 0 Å². The van der Waals surface area contributed by atoms with Gasteiger partial charge in [-0.2, -0.15) is 0 Å². The molecule has 0 unspecified atom stereocenters. The van der Waals surface area contributed by atoms with Crippen molar-refractivity contribution in [3.63, 3.8) is 0 Å². The minimum atomic E-state index is 0.833. The summed E-state index contributed by atoms with van der Waals surface area (Å²) in [6.45, 7) is 0. The predicted molar refractivity (Wildman–Crippen MR) is 43.0 cm³/mol. The number of nitrogens with zero attached hydrogens (tertiary/aromatic N) is 2. The largest absolute Gasteiger partial charge is 0.310 e. The van der Waals surface area contributed by atoms with Gasteiger partial charge in [0.05, 0.1) is 0 Å². The lowest BCUT2D eigenvalue weighted by Crippen LogP contribution is -2.09. The number of imidazole rings is 1. The lowest BCUT2D eigenvalue weighted by molar-refractivity contribution is 1.14. The Balaban J connectivity index is 2.79. The molecule has 0 aromatic carbocycles. The number of anilines is 1. The van der Waals surface area contributed by atoms with Crippen molar-refractivity contribution in [1.82, 2.24) is 9.38 Å². The third kappa shape index (κ3) is 0.841. The Morgan fingerprint density at radius 3 is 3.18 bits per heavy atom. The van der Waals surface area contributed by atoms with Crippen molar-refractivity contribution in [2.45, 2.75) is 0 Å². The van der Waals surface area contributed by atoms with E-state index < -0.39 is 0 Å². The van der Waals surface area contributed by atoms with E-state index in [1.165, 1.54) is 0 Å². The van der Waals surface area contributed by atoms with Gasteiger partial charge in [0.15, 0.2) is 0 Å². The minimum Gasteiger partial charge on any atom is -0.310 e. The maximum absolute atomic E-state index is 5.28. The average Bonchev–Trinajstić information content (AvgIpc) is 2.50. The molecular weight excluding hydrogens is 140 g/mol. The summed E-state index contributed by atoms with van der Waals surface area (Å²) in [5.74, 6) is 6.11. The van der Waals surface area contributed by atoms with E-state index in [0.717, 1.165) is 11.5 Å². The van der Waals surface area contributed by atoms with E-state index in [4.69, 9.17) is 5.84 Å². The van der Waals surface area contributed by atoms with Gasteiger partial charge in [-0.05, 0) is 12.1 Å². The molecule has 2 rings (SSSR count). The summed E-state index contributed by atoms with van der Waals surface area (Å²) in [7, 11) is 0. The topological polar surface area (TPSA) is 55.3 Å². The van der Waals surface area contributed by atoms with E-state index in [9.17, 15) is 0 Å². The first kappa shape index (κ1) is 6.18. The Kier molecular flexibility index (Phi) is 1.26. The maximum Gasteiger partial charge on any atom is 0.138 e. The van der Waals surface area contributed by atoms with Crippen LogP contribution in [0.25, 0.3) is 5.65 Å². The number of hydrogen-bond acceptors (Lipinski definition) is 3. The fourth-order valence-electron chi connectivity index (χ4n) is 1.07. The smallest absolute Gasteiger partial charge is 0.138 e. The molecule has 0 amide bonds. The van der Waals surface area contributed by atoms with Crippen LogP contribution >= 0.6 is 0 Å². The number of pyridine rings is 1. The summed E-state index contributed by atoms with van der Waals surface area (Å²) >= 11 is 0. The first-order valence-corrected chi connectivity index (χ1v) is 3.30. The molecule has 11 heavy (non-hydrogen) atoms. The molecule has 0 aliphatic heterocycles. The van der Waals surface area contributed by atoms with E-state index in [0.29, 0.717) is 0 Å². The molecule has 2 aromatic heterocycles. The third-order valence-corrected chi connectivity index (χ3v) is 1.58. The highest BCUT2D eigenvalue weighted by atomic mass is 15.3. The molecule has 56 valence electrons. The number of fused-ring (bicyclic) bond motifs is 1. The van der Waals surface area contributed by atoms with Crippen molar-refractivity contribution in [3.8, 4) is 0 Å². The van der Waals surface area contributed by atoms with Crippen LogP contribution in [-0.2, 0) is 0 Å². The van der Waals surface area contributed by atoms with Gasteiger partial charge in [-0.3, -0.25) is 4.40 Å². The van der Waals surface area contributed by atoms with Crippen LogP contribution in [0, 0.1) is 0 Å². The molecule has 0 saturated carbocycles. The summed E-state index contributed by atoms with van der Waals surface area (Å²) < 4.78 is 1.88. The number of hydrazine groups is 1. The number of aromatic nitrogens is 2. The number of nitrogens with one attached hydrogen (secondary N) is 1. The van der Waals surface area contributed by atoms with Crippen molar-refractivity contribution >= 4 is 11.5 Å². The fraction of sp³-hybridized carbons (Fsp3) is 0. The SMILES string of the molecule is NNc1cccc2nccn12. The number of nitrogens with two attached hydrogens (primary N) is 1. The van der Waals surface area contributed by atoms with Gasteiger partial charge in [0, 0.05) is 12.4 Å². The Bertz CT molecular complexity index is 365. The lowest BCUT2D eigenvalue weighted by Gasteiger charge is -2.01. The van der Waals surface area contributed by atoms with Crippen molar-refractivity contribution in [1.29, 1.82) is 0 Å². The molecule has 2 heterocycles. The first-order valence-electron chi connectivity index (χ1n) is 3.30.